The third kappa shape index (κ3) is 1.96. The summed E-state index contributed by atoms with van der Waals surface area (Å²) in [6.07, 6.45) is 2.17. The van der Waals surface area contributed by atoms with E-state index in [-0.39, 0.29) is 17.6 Å². The van der Waals surface area contributed by atoms with Crippen LogP contribution in [0.15, 0.2) is 0 Å². The zero-order chi connectivity index (χ0) is 10.9. The number of rotatable bonds is 4. The Hall–Kier alpha value is -0.0800. The molecule has 0 aromatic rings. The van der Waals surface area contributed by atoms with Crippen LogP contribution in [0.5, 0.6) is 0 Å². The highest BCUT2D eigenvalue weighted by Crippen LogP contribution is 2.46. The van der Waals surface area contributed by atoms with Crippen molar-refractivity contribution in [2.75, 3.05) is 0 Å². The van der Waals surface area contributed by atoms with Gasteiger partial charge in [-0.25, -0.2) is 0 Å². The quantitative estimate of drug-likeness (QED) is 0.756. The highest BCUT2D eigenvalue weighted by atomic mass is 16.5. The minimum atomic E-state index is -0.170. The fourth-order valence-corrected chi connectivity index (χ4v) is 1.89. The third-order valence-corrected chi connectivity index (χ3v) is 4.01. The molecule has 1 aliphatic rings. The molecule has 0 aromatic carbocycles. The number of aliphatic hydroxyl groups is 1. The second-order valence-corrected chi connectivity index (χ2v) is 5.18. The Labute approximate surface area is 87.7 Å². The molecule has 1 fully saturated rings. The van der Waals surface area contributed by atoms with Gasteiger partial charge in [-0.1, -0.05) is 27.7 Å². The smallest absolute Gasteiger partial charge is 0.0681 e. The Morgan fingerprint density at radius 3 is 2.36 bits per heavy atom. The number of ether oxygens (including phenoxy) is 1. The van der Waals surface area contributed by atoms with Gasteiger partial charge >= 0.3 is 0 Å². The van der Waals surface area contributed by atoms with Gasteiger partial charge in [-0.3, -0.25) is 0 Å². The lowest BCUT2D eigenvalue weighted by molar-refractivity contribution is -0.206. The first kappa shape index (κ1) is 12.0. The van der Waals surface area contributed by atoms with Crippen LogP contribution in [0, 0.1) is 11.3 Å². The van der Waals surface area contributed by atoms with E-state index in [0.29, 0.717) is 12.0 Å². The van der Waals surface area contributed by atoms with Crippen LogP contribution in [0.3, 0.4) is 0 Å². The summed E-state index contributed by atoms with van der Waals surface area (Å²) >= 11 is 0. The second-order valence-electron chi connectivity index (χ2n) is 5.18. The lowest BCUT2D eigenvalue weighted by Crippen LogP contribution is -2.57. The number of hydrogen-bond donors (Lipinski definition) is 1. The van der Waals surface area contributed by atoms with Crippen molar-refractivity contribution in [1.82, 2.24) is 0 Å². The highest BCUT2D eigenvalue weighted by Gasteiger charge is 2.51. The average molecular weight is 200 g/mol. The van der Waals surface area contributed by atoms with E-state index in [0.717, 1.165) is 12.8 Å². The Kier molecular flexibility index (Phi) is 3.59. The lowest BCUT2D eigenvalue weighted by atomic mass is 9.63. The monoisotopic (exact) mass is 200 g/mol. The maximum absolute atomic E-state index is 9.71. The van der Waals surface area contributed by atoms with Crippen LogP contribution in [-0.2, 0) is 4.74 Å². The summed E-state index contributed by atoms with van der Waals surface area (Å²) in [7, 11) is 0. The summed E-state index contributed by atoms with van der Waals surface area (Å²) in [5, 5.41) is 9.71. The van der Waals surface area contributed by atoms with Gasteiger partial charge in [-0.2, -0.15) is 0 Å². The summed E-state index contributed by atoms with van der Waals surface area (Å²) in [6.45, 7) is 10.7. The summed E-state index contributed by atoms with van der Waals surface area (Å²) in [6, 6.07) is 0. The van der Waals surface area contributed by atoms with Gasteiger partial charge in [0.25, 0.3) is 0 Å². The van der Waals surface area contributed by atoms with Crippen LogP contribution >= 0.6 is 0 Å². The van der Waals surface area contributed by atoms with Gasteiger partial charge in [0.15, 0.2) is 0 Å². The molecule has 0 aromatic heterocycles. The summed E-state index contributed by atoms with van der Waals surface area (Å²) in [5.41, 5.74) is -0.0108. The standard InChI is InChI=1S/C12H24O2/c1-6-12(5)10(13)7-11(12)14-9(4)8(2)3/h8-11,13H,6-7H2,1-5H3. The topological polar surface area (TPSA) is 29.5 Å². The molecule has 1 rings (SSSR count). The first-order valence-electron chi connectivity index (χ1n) is 5.75. The van der Waals surface area contributed by atoms with Crippen molar-refractivity contribution >= 4 is 0 Å². The van der Waals surface area contributed by atoms with Crippen molar-refractivity contribution in [1.29, 1.82) is 0 Å². The maximum atomic E-state index is 9.71. The van der Waals surface area contributed by atoms with Crippen LogP contribution < -0.4 is 0 Å². The summed E-state index contributed by atoms with van der Waals surface area (Å²) in [5.74, 6) is 0.550. The molecule has 4 atom stereocenters. The van der Waals surface area contributed by atoms with Crippen molar-refractivity contribution in [2.45, 2.75) is 65.8 Å². The first-order valence-corrected chi connectivity index (χ1v) is 5.75. The summed E-state index contributed by atoms with van der Waals surface area (Å²) < 4.78 is 5.96. The molecule has 1 aliphatic carbocycles. The molecule has 2 nitrogen and oxygen atoms in total. The maximum Gasteiger partial charge on any atom is 0.0681 e. The molecule has 0 aliphatic heterocycles. The van der Waals surface area contributed by atoms with Gasteiger partial charge in [0.2, 0.25) is 0 Å². The molecule has 0 heterocycles. The zero-order valence-corrected chi connectivity index (χ0v) is 10.1. The third-order valence-electron chi connectivity index (χ3n) is 4.01. The highest BCUT2D eigenvalue weighted by molar-refractivity contribution is 5.00. The summed E-state index contributed by atoms with van der Waals surface area (Å²) in [4.78, 5) is 0. The Morgan fingerprint density at radius 1 is 1.43 bits per heavy atom. The van der Waals surface area contributed by atoms with Crippen LogP contribution in [0.4, 0.5) is 0 Å². The molecule has 0 spiro atoms. The fourth-order valence-electron chi connectivity index (χ4n) is 1.89. The zero-order valence-electron chi connectivity index (χ0n) is 10.1. The van der Waals surface area contributed by atoms with Gasteiger partial charge in [0.1, 0.15) is 0 Å². The molecular formula is C12H24O2. The minimum absolute atomic E-state index is 0.0108. The van der Waals surface area contributed by atoms with Gasteiger partial charge in [-0.15, -0.1) is 0 Å². The molecule has 0 amide bonds. The van der Waals surface area contributed by atoms with Crippen LogP contribution in [0.1, 0.15) is 47.5 Å². The predicted octanol–water partition coefficient (Wildman–Crippen LogP) is 2.60. The van der Waals surface area contributed by atoms with E-state index < -0.39 is 0 Å². The molecular weight excluding hydrogens is 176 g/mol. The predicted molar refractivity (Wildman–Crippen MR) is 58.2 cm³/mol. The van der Waals surface area contributed by atoms with E-state index in [9.17, 15) is 5.11 Å². The Balaban J connectivity index is 2.48. The van der Waals surface area contributed by atoms with E-state index in [1.54, 1.807) is 0 Å². The van der Waals surface area contributed by atoms with Crippen molar-refractivity contribution in [2.24, 2.45) is 11.3 Å². The van der Waals surface area contributed by atoms with Crippen LogP contribution in [-0.4, -0.2) is 23.4 Å². The van der Waals surface area contributed by atoms with Gasteiger partial charge in [-0.05, 0) is 19.3 Å². The van der Waals surface area contributed by atoms with Crippen molar-refractivity contribution in [3.05, 3.63) is 0 Å². The largest absolute Gasteiger partial charge is 0.392 e. The molecule has 14 heavy (non-hydrogen) atoms. The molecule has 0 saturated heterocycles. The van der Waals surface area contributed by atoms with E-state index >= 15 is 0 Å². The van der Waals surface area contributed by atoms with Crippen molar-refractivity contribution in [3.63, 3.8) is 0 Å². The molecule has 0 bridgehead atoms. The van der Waals surface area contributed by atoms with Gasteiger partial charge in [0, 0.05) is 11.8 Å². The molecule has 4 unspecified atom stereocenters. The Bertz CT molecular complexity index is 191. The molecule has 0 radical (unpaired) electrons. The van der Waals surface area contributed by atoms with Crippen molar-refractivity contribution in [3.8, 4) is 0 Å². The van der Waals surface area contributed by atoms with Crippen LogP contribution in [0.25, 0.3) is 0 Å². The SMILES string of the molecule is CCC1(C)C(O)CC1OC(C)C(C)C. The van der Waals surface area contributed by atoms with Gasteiger partial charge in [0.05, 0.1) is 18.3 Å². The van der Waals surface area contributed by atoms with Crippen molar-refractivity contribution < 1.29 is 9.84 Å². The van der Waals surface area contributed by atoms with Crippen LogP contribution in [0.2, 0.25) is 0 Å². The van der Waals surface area contributed by atoms with Gasteiger partial charge < -0.3 is 9.84 Å². The van der Waals surface area contributed by atoms with E-state index in [1.807, 2.05) is 0 Å². The molecule has 1 saturated carbocycles. The number of aliphatic hydroxyl groups excluding tert-OH is 1. The van der Waals surface area contributed by atoms with E-state index in [1.165, 1.54) is 0 Å². The minimum Gasteiger partial charge on any atom is -0.392 e. The fraction of sp³-hybridized carbons (Fsp3) is 1.00. The molecule has 84 valence electrons. The number of hydrogen-bond acceptors (Lipinski definition) is 2. The Morgan fingerprint density at radius 2 is 2.00 bits per heavy atom. The lowest BCUT2D eigenvalue weighted by Gasteiger charge is -2.51. The molecule has 2 heteroatoms. The first-order chi connectivity index (χ1) is 6.41. The molecule has 1 N–H and O–H groups in total. The average Bonchev–Trinajstić information content (AvgIpc) is 2.15. The normalized spacial score (nSPS) is 39.6. The van der Waals surface area contributed by atoms with E-state index in [2.05, 4.69) is 34.6 Å². The van der Waals surface area contributed by atoms with E-state index in [4.69, 9.17) is 4.74 Å². The second kappa shape index (κ2) is 4.19.